The predicted molar refractivity (Wildman–Crippen MR) is 184 cm³/mol. The number of ether oxygens (including phenoxy) is 2. The average molecular weight is 650 g/mol. The minimum absolute atomic E-state index is 0.0251. The quantitative estimate of drug-likeness (QED) is 0.231. The van der Waals surface area contributed by atoms with Gasteiger partial charge in [0.05, 0.1) is 42.7 Å². The SMILES string of the molecule is B[C@@H]1CCCN1C(=O)[C@H](C)[C@@H](OC)[C@@H]1CCCN1C(=O)C[C@@H](OC)[C@H]([C@@H](C)CC)N(C)C(=O)[C@@H](NC(=O)[C@@H](NC)C(C)C)C(C)C. The smallest absolute Gasteiger partial charge is 0.245 e. The number of likely N-dealkylation sites (N-methyl/N-ethyl adjacent to an activating group) is 2. The van der Waals surface area contributed by atoms with Crippen molar-refractivity contribution in [3.63, 3.8) is 0 Å². The van der Waals surface area contributed by atoms with Crippen molar-refractivity contribution in [3.8, 4) is 0 Å². The van der Waals surface area contributed by atoms with Gasteiger partial charge in [-0.05, 0) is 56.4 Å². The van der Waals surface area contributed by atoms with Gasteiger partial charge in [-0.1, -0.05) is 54.9 Å². The van der Waals surface area contributed by atoms with Gasteiger partial charge in [0.2, 0.25) is 23.6 Å². The molecule has 0 saturated carbocycles. The topological polar surface area (TPSA) is 121 Å². The van der Waals surface area contributed by atoms with E-state index >= 15 is 0 Å². The lowest BCUT2D eigenvalue weighted by molar-refractivity contribution is -0.149. The van der Waals surface area contributed by atoms with Crippen molar-refractivity contribution in [1.82, 2.24) is 25.3 Å². The molecule has 4 amide bonds. The molecular formula is C34H64BN5O6. The Labute approximate surface area is 279 Å². The number of methoxy groups -OCH3 is 2. The molecule has 264 valence electrons. The van der Waals surface area contributed by atoms with Crippen LogP contribution in [0, 0.1) is 23.7 Å². The Bertz CT molecular complexity index is 1010. The van der Waals surface area contributed by atoms with Crippen molar-refractivity contribution < 1.29 is 28.7 Å². The molecule has 0 spiro atoms. The van der Waals surface area contributed by atoms with Gasteiger partial charge in [-0.2, -0.15) is 0 Å². The third-order valence-electron chi connectivity index (χ3n) is 10.6. The Balaban J connectivity index is 2.27. The number of amides is 4. The Hall–Kier alpha value is -2.18. The summed E-state index contributed by atoms with van der Waals surface area (Å²) in [4.78, 5) is 60.2. The molecular weight excluding hydrogens is 585 g/mol. The maximum absolute atomic E-state index is 14.1. The van der Waals surface area contributed by atoms with E-state index in [-0.39, 0.29) is 65.7 Å². The molecule has 0 bridgehead atoms. The number of carbonyl (C=O) groups excluding carboxylic acids is 4. The first kappa shape index (κ1) is 40.0. The third kappa shape index (κ3) is 9.46. The van der Waals surface area contributed by atoms with Crippen LogP contribution in [-0.4, -0.2) is 130 Å². The van der Waals surface area contributed by atoms with Gasteiger partial charge in [0.1, 0.15) is 13.9 Å². The van der Waals surface area contributed by atoms with Crippen LogP contribution in [0.15, 0.2) is 0 Å². The lowest BCUT2D eigenvalue weighted by atomic mass is 9.89. The van der Waals surface area contributed by atoms with E-state index in [1.807, 2.05) is 44.4 Å². The van der Waals surface area contributed by atoms with Crippen molar-refractivity contribution in [2.45, 2.75) is 129 Å². The number of carbonyl (C=O) groups is 4. The zero-order chi connectivity index (χ0) is 34.9. The molecule has 46 heavy (non-hydrogen) atoms. The van der Waals surface area contributed by atoms with E-state index in [4.69, 9.17) is 9.47 Å². The van der Waals surface area contributed by atoms with E-state index in [1.54, 1.807) is 33.2 Å². The normalized spacial score (nSPS) is 23.2. The average Bonchev–Trinajstić information content (AvgIpc) is 3.68. The van der Waals surface area contributed by atoms with E-state index < -0.39 is 30.3 Å². The van der Waals surface area contributed by atoms with Crippen LogP contribution in [-0.2, 0) is 28.7 Å². The van der Waals surface area contributed by atoms with Crippen molar-refractivity contribution in [2.75, 3.05) is 41.4 Å². The van der Waals surface area contributed by atoms with Gasteiger partial charge in [0.25, 0.3) is 0 Å². The molecule has 0 radical (unpaired) electrons. The Morgan fingerprint density at radius 1 is 0.913 bits per heavy atom. The fourth-order valence-electron chi connectivity index (χ4n) is 7.56. The number of nitrogens with zero attached hydrogens (tertiary/aromatic N) is 3. The lowest BCUT2D eigenvalue weighted by Crippen LogP contribution is -2.59. The number of nitrogens with one attached hydrogen (secondary N) is 2. The van der Waals surface area contributed by atoms with Crippen LogP contribution in [0.5, 0.6) is 0 Å². The van der Waals surface area contributed by atoms with Crippen LogP contribution in [0.3, 0.4) is 0 Å². The van der Waals surface area contributed by atoms with Gasteiger partial charge in [0.15, 0.2) is 0 Å². The fraction of sp³-hybridized carbons (Fsp3) is 0.882. The summed E-state index contributed by atoms with van der Waals surface area (Å²) in [5, 5.41) is 6.05. The van der Waals surface area contributed by atoms with Crippen LogP contribution in [0.1, 0.15) is 87.0 Å². The van der Waals surface area contributed by atoms with Crippen molar-refractivity contribution >= 4 is 31.5 Å². The molecule has 11 nitrogen and oxygen atoms in total. The van der Waals surface area contributed by atoms with Crippen molar-refractivity contribution in [3.05, 3.63) is 0 Å². The van der Waals surface area contributed by atoms with E-state index in [0.717, 1.165) is 38.6 Å². The molecule has 12 heteroatoms. The molecule has 0 aromatic rings. The summed E-state index contributed by atoms with van der Waals surface area (Å²) in [6.45, 7) is 15.2. The first-order valence-corrected chi connectivity index (χ1v) is 17.6. The molecule has 0 aliphatic carbocycles. The zero-order valence-electron chi connectivity index (χ0n) is 30.8. The first-order chi connectivity index (χ1) is 21.7. The molecule has 9 atom stereocenters. The molecule has 2 heterocycles. The Kier molecular flexibility index (Phi) is 16.0. The minimum atomic E-state index is -0.727. The summed E-state index contributed by atoms with van der Waals surface area (Å²) in [6, 6.07) is -1.76. The van der Waals surface area contributed by atoms with Crippen LogP contribution in [0.2, 0.25) is 0 Å². The number of hydrogen-bond acceptors (Lipinski definition) is 7. The number of rotatable bonds is 17. The molecule has 0 aromatic heterocycles. The lowest BCUT2D eigenvalue weighted by Gasteiger charge is -2.41. The van der Waals surface area contributed by atoms with E-state index in [1.165, 1.54) is 0 Å². The molecule has 2 rings (SSSR count). The maximum atomic E-state index is 14.1. The molecule has 0 unspecified atom stereocenters. The summed E-state index contributed by atoms with van der Waals surface area (Å²) in [5.74, 6) is -0.617. The maximum Gasteiger partial charge on any atom is 0.245 e. The molecule has 0 aromatic carbocycles. The van der Waals surface area contributed by atoms with Gasteiger partial charge in [0, 0.05) is 34.4 Å². The zero-order valence-corrected chi connectivity index (χ0v) is 30.8. The van der Waals surface area contributed by atoms with Crippen molar-refractivity contribution in [1.29, 1.82) is 0 Å². The molecule has 2 fully saturated rings. The highest BCUT2D eigenvalue weighted by Gasteiger charge is 2.44. The summed E-state index contributed by atoms with van der Waals surface area (Å²) in [7, 11) is 8.80. The van der Waals surface area contributed by atoms with Gasteiger partial charge >= 0.3 is 0 Å². The predicted octanol–water partition coefficient (Wildman–Crippen LogP) is 1.87. The second-order valence-corrected chi connectivity index (χ2v) is 14.4. The van der Waals surface area contributed by atoms with E-state index in [2.05, 4.69) is 32.3 Å². The molecule has 2 N–H and O–H groups in total. The van der Waals surface area contributed by atoms with Crippen LogP contribution < -0.4 is 10.6 Å². The highest BCUT2D eigenvalue weighted by atomic mass is 16.5. The summed E-state index contributed by atoms with van der Waals surface area (Å²) in [6.07, 6.45) is 3.51. The summed E-state index contributed by atoms with van der Waals surface area (Å²) >= 11 is 0. The molecule has 2 aliphatic heterocycles. The number of hydrogen-bond donors (Lipinski definition) is 2. The van der Waals surface area contributed by atoms with Gasteiger partial charge in [-0.3, -0.25) is 19.2 Å². The van der Waals surface area contributed by atoms with E-state index in [9.17, 15) is 19.2 Å². The Morgan fingerprint density at radius 3 is 1.98 bits per heavy atom. The fourth-order valence-corrected chi connectivity index (χ4v) is 7.56. The van der Waals surface area contributed by atoms with Crippen LogP contribution >= 0.6 is 0 Å². The standard InChI is InChI=1S/C34H64BN5O6/c1-12-22(6)30(38(9)34(44)29(21(4)5)37-32(42)28(36-8)20(2)3)25(45-10)19-27(41)39-17-13-15-24(39)31(46-11)23(7)33(43)40-18-14-16-26(40)35/h20-26,28-31,36H,12-19,35H2,1-11H3,(H,37,42)/t22-,23+,24-,25+,26-,28-,29-,30-,31+/m0/s1. The first-order valence-electron chi connectivity index (χ1n) is 17.6. The molecule has 2 aliphatic rings. The van der Waals surface area contributed by atoms with Crippen LogP contribution in [0.25, 0.3) is 0 Å². The second-order valence-electron chi connectivity index (χ2n) is 14.4. The van der Waals surface area contributed by atoms with Crippen molar-refractivity contribution in [2.24, 2.45) is 23.7 Å². The van der Waals surface area contributed by atoms with E-state index in [0.29, 0.717) is 6.54 Å². The van der Waals surface area contributed by atoms with Gasteiger partial charge < -0.3 is 34.8 Å². The third-order valence-corrected chi connectivity index (χ3v) is 10.6. The van der Waals surface area contributed by atoms with Crippen LogP contribution in [0.4, 0.5) is 0 Å². The highest BCUT2D eigenvalue weighted by Crippen LogP contribution is 2.31. The summed E-state index contributed by atoms with van der Waals surface area (Å²) in [5.41, 5.74) is 0. The van der Waals surface area contributed by atoms with Gasteiger partial charge in [-0.25, -0.2) is 0 Å². The summed E-state index contributed by atoms with van der Waals surface area (Å²) < 4.78 is 12.0. The largest absolute Gasteiger partial charge is 0.379 e. The second kappa shape index (κ2) is 18.4. The Morgan fingerprint density at radius 2 is 1.50 bits per heavy atom. The molecule has 2 saturated heterocycles. The minimum Gasteiger partial charge on any atom is -0.379 e. The monoisotopic (exact) mass is 649 g/mol. The highest BCUT2D eigenvalue weighted by molar-refractivity contribution is 6.13. The van der Waals surface area contributed by atoms with Gasteiger partial charge in [-0.15, -0.1) is 0 Å². The number of likely N-dealkylation sites (tertiary alicyclic amines) is 2.